The number of rotatable bonds is 5. The van der Waals surface area contributed by atoms with E-state index in [2.05, 4.69) is 59.7 Å². The smallest absolute Gasteiger partial charge is 0.123 e. The summed E-state index contributed by atoms with van der Waals surface area (Å²) in [5.74, 6) is 3.37. The van der Waals surface area contributed by atoms with Crippen molar-refractivity contribution in [1.29, 1.82) is 0 Å². The van der Waals surface area contributed by atoms with Crippen LogP contribution in [0.25, 0.3) is 0 Å². The van der Waals surface area contributed by atoms with Crippen molar-refractivity contribution in [3.8, 4) is 11.5 Å². The lowest BCUT2D eigenvalue weighted by molar-refractivity contribution is 0.407. The third-order valence-electron chi connectivity index (χ3n) is 5.08. The molecule has 0 N–H and O–H groups in total. The zero-order valence-corrected chi connectivity index (χ0v) is 20.9. The Morgan fingerprint density at radius 3 is 1.41 bits per heavy atom. The molecule has 174 valence electrons. The van der Waals surface area contributed by atoms with Crippen molar-refractivity contribution in [3.05, 3.63) is 95.3 Å². The number of methoxy groups -OCH3 is 2. The molecule has 0 aliphatic rings. The molecule has 3 aromatic carbocycles. The fourth-order valence-corrected chi connectivity index (χ4v) is 2.98. The zero-order chi connectivity index (χ0) is 24.1. The van der Waals surface area contributed by atoms with Crippen LogP contribution >= 0.6 is 0 Å². The number of ether oxygens (including phenoxy) is 2. The highest BCUT2D eigenvalue weighted by molar-refractivity contribution is 5.35. The van der Waals surface area contributed by atoms with Gasteiger partial charge < -0.3 is 9.47 Å². The van der Waals surface area contributed by atoms with E-state index in [1.807, 2.05) is 42.5 Å². The van der Waals surface area contributed by atoms with Gasteiger partial charge in [0.1, 0.15) is 17.3 Å². The minimum absolute atomic E-state index is 0.163. The maximum absolute atomic E-state index is 12.4. The first-order valence-corrected chi connectivity index (χ1v) is 11.2. The molecule has 0 atom stereocenters. The summed E-state index contributed by atoms with van der Waals surface area (Å²) in [6.45, 7) is 12.9. The highest BCUT2D eigenvalue weighted by Crippen LogP contribution is 2.25. The first-order chi connectivity index (χ1) is 15.2. The Bertz CT molecular complexity index is 882. The van der Waals surface area contributed by atoms with Gasteiger partial charge in [-0.3, -0.25) is 0 Å². The standard InChI is InChI=1S/2C10H14O.C9H11F/c1-8(2)9-4-6-10(11-3)7-5-9;1-8(2)9-6-4-5-7-10(9)11-3;1-7(2)8-3-5-9(10)6-4-8/h2*4-8H,1-3H3;3-7H,1-2H3. The monoisotopic (exact) mass is 438 g/mol. The van der Waals surface area contributed by atoms with Gasteiger partial charge in [-0.15, -0.1) is 0 Å². The van der Waals surface area contributed by atoms with Crippen LogP contribution in [0.2, 0.25) is 0 Å². The quantitative estimate of drug-likeness (QED) is 0.397. The molecular weight excluding hydrogens is 399 g/mol. The van der Waals surface area contributed by atoms with E-state index in [1.165, 1.54) is 28.8 Å². The Hall–Kier alpha value is -2.81. The molecule has 0 bridgehead atoms. The summed E-state index contributed by atoms with van der Waals surface area (Å²) in [5, 5.41) is 0. The number of halogens is 1. The van der Waals surface area contributed by atoms with E-state index in [9.17, 15) is 4.39 Å². The summed E-state index contributed by atoms with van der Waals surface area (Å²) in [7, 11) is 3.39. The van der Waals surface area contributed by atoms with Gasteiger partial charge in [0, 0.05) is 0 Å². The molecule has 2 nitrogen and oxygen atoms in total. The molecule has 0 aromatic heterocycles. The lowest BCUT2D eigenvalue weighted by atomic mass is 10.0. The number of benzene rings is 3. The van der Waals surface area contributed by atoms with Crippen LogP contribution in [-0.2, 0) is 0 Å². The van der Waals surface area contributed by atoms with Gasteiger partial charge in [0.15, 0.2) is 0 Å². The SMILES string of the molecule is CC(C)c1ccc(F)cc1.COc1ccc(C(C)C)cc1.COc1ccccc1C(C)C. The molecule has 3 aromatic rings. The van der Waals surface area contributed by atoms with Gasteiger partial charge in [0.25, 0.3) is 0 Å². The molecule has 3 rings (SSSR count). The molecule has 0 amide bonds. The van der Waals surface area contributed by atoms with Crippen molar-refractivity contribution in [1.82, 2.24) is 0 Å². The molecule has 0 fully saturated rings. The number of hydrogen-bond donors (Lipinski definition) is 0. The van der Waals surface area contributed by atoms with Gasteiger partial charge in [-0.1, -0.05) is 84.0 Å². The largest absolute Gasteiger partial charge is 0.497 e. The summed E-state index contributed by atoms with van der Waals surface area (Å²) in [6, 6.07) is 22.9. The Labute approximate surface area is 194 Å². The number of hydrogen-bond acceptors (Lipinski definition) is 2. The topological polar surface area (TPSA) is 18.5 Å². The van der Waals surface area contributed by atoms with E-state index in [0.717, 1.165) is 11.5 Å². The number of para-hydroxylation sites is 1. The van der Waals surface area contributed by atoms with E-state index < -0.39 is 0 Å². The van der Waals surface area contributed by atoms with E-state index in [0.29, 0.717) is 17.8 Å². The highest BCUT2D eigenvalue weighted by atomic mass is 19.1. The Kier molecular flexibility index (Phi) is 12.2. The van der Waals surface area contributed by atoms with E-state index in [-0.39, 0.29) is 5.82 Å². The van der Waals surface area contributed by atoms with Gasteiger partial charge in [-0.05, 0) is 64.8 Å². The van der Waals surface area contributed by atoms with Crippen LogP contribution in [0.1, 0.15) is 76.0 Å². The van der Waals surface area contributed by atoms with Crippen LogP contribution in [0, 0.1) is 5.82 Å². The Morgan fingerprint density at radius 2 is 1.03 bits per heavy atom. The molecule has 32 heavy (non-hydrogen) atoms. The molecule has 0 saturated carbocycles. The second-order valence-corrected chi connectivity index (χ2v) is 8.53. The van der Waals surface area contributed by atoms with E-state index >= 15 is 0 Å². The van der Waals surface area contributed by atoms with Gasteiger partial charge in [-0.2, -0.15) is 0 Å². The maximum Gasteiger partial charge on any atom is 0.123 e. The van der Waals surface area contributed by atoms with Gasteiger partial charge in [0.05, 0.1) is 14.2 Å². The predicted molar refractivity (Wildman–Crippen MR) is 135 cm³/mol. The molecule has 3 heteroatoms. The van der Waals surface area contributed by atoms with Crippen LogP contribution in [0.3, 0.4) is 0 Å². The molecule has 0 spiro atoms. The Balaban J connectivity index is 0.000000240. The zero-order valence-electron chi connectivity index (χ0n) is 20.9. The fourth-order valence-electron chi connectivity index (χ4n) is 2.98. The second kappa shape index (κ2) is 14.3. The summed E-state index contributed by atoms with van der Waals surface area (Å²) in [5.41, 5.74) is 3.81. The first kappa shape index (κ1) is 27.2. The van der Waals surface area contributed by atoms with Crippen LogP contribution in [0.15, 0.2) is 72.8 Å². The summed E-state index contributed by atoms with van der Waals surface area (Å²) >= 11 is 0. The van der Waals surface area contributed by atoms with E-state index in [4.69, 9.17) is 9.47 Å². The molecule has 0 heterocycles. The average Bonchev–Trinajstić information content (AvgIpc) is 2.80. The van der Waals surface area contributed by atoms with Crippen molar-refractivity contribution in [2.24, 2.45) is 0 Å². The summed E-state index contributed by atoms with van der Waals surface area (Å²) < 4.78 is 22.6. The lowest BCUT2D eigenvalue weighted by Crippen LogP contribution is -1.92. The lowest BCUT2D eigenvalue weighted by Gasteiger charge is -2.10. The van der Waals surface area contributed by atoms with Crippen LogP contribution < -0.4 is 9.47 Å². The van der Waals surface area contributed by atoms with Crippen molar-refractivity contribution < 1.29 is 13.9 Å². The molecule has 0 unspecified atom stereocenters. The Morgan fingerprint density at radius 1 is 0.562 bits per heavy atom. The van der Waals surface area contributed by atoms with Gasteiger partial charge in [-0.25, -0.2) is 4.39 Å². The normalized spacial score (nSPS) is 10.2. The minimum Gasteiger partial charge on any atom is -0.497 e. The van der Waals surface area contributed by atoms with Gasteiger partial charge >= 0.3 is 0 Å². The van der Waals surface area contributed by atoms with Crippen molar-refractivity contribution in [3.63, 3.8) is 0 Å². The molecule has 0 aliphatic carbocycles. The predicted octanol–water partition coefficient (Wildman–Crippen LogP) is 8.59. The van der Waals surface area contributed by atoms with Crippen molar-refractivity contribution in [2.75, 3.05) is 14.2 Å². The molecule has 0 saturated heterocycles. The molecule has 0 aliphatic heterocycles. The van der Waals surface area contributed by atoms with Crippen LogP contribution in [-0.4, -0.2) is 14.2 Å². The summed E-state index contributed by atoms with van der Waals surface area (Å²) in [6.07, 6.45) is 0. The first-order valence-electron chi connectivity index (χ1n) is 11.2. The van der Waals surface area contributed by atoms with Crippen molar-refractivity contribution in [2.45, 2.75) is 59.3 Å². The maximum atomic E-state index is 12.4. The van der Waals surface area contributed by atoms with Gasteiger partial charge in [0.2, 0.25) is 0 Å². The van der Waals surface area contributed by atoms with Crippen LogP contribution in [0.4, 0.5) is 4.39 Å². The second-order valence-electron chi connectivity index (χ2n) is 8.53. The minimum atomic E-state index is -0.163. The summed E-state index contributed by atoms with van der Waals surface area (Å²) in [4.78, 5) is 0. The van der Waals surface area contributed by atoms with Crippen molar-refractivity contribution >= 4 is 0 Å². The van der Waals surface area contributed by atoms with Crippen LogP contribution in [0.5, 0.6) is 11.5 Å². The third kappa shape index (κ3) is 9.55. The average molecular weight is 439 g/mol. The highest BCUT2D eigenvalue weighted by Gasteiger charge is 2.04. The third-order valence-corrected chi connectivity index (χ3v) is 5.08. The molecule has 0 radical (unpaired) electrons. The fraction of sp³-hybridized carbons (Fsp3) is 0.379. The molecular formula is C29H39FO2. The van der Waals surface area contributed by atoms with E-state index in [1.54, 1.807) is 14.2 Å².